The molecule has 2 heterocycles. The van der Waals surface area contributed by atoms with Gasteiger partial charge in [0.25, 0.3) is 5.91 Å². The molecular formula is C33H40N5O. The highest BCUT2D eigenvalue weighted by Crippen LogP contribution is 2.37. The Morgan fingerprint density at radius 2 is 1.82 bits per heavy atom. The normalized spacial score (nSPS) is 12.8. The topological polar surface area (TPSA) is 78.4 Å². The van der Waals surface area contributed by atoms with Crippen LogP contribution >= 0.6 is 0 Å². The molecule has 0 spiro atoms. The van der Waals surface area contributed by atoms with Crippen molar-refractivity contribution >= 4 is 28.7 Å². The monoisotopic (exact) mass is 522 g/mol. The highest BCUT2D eigenvalue weighted by atomic mass is 16.1. The number of nitrogens with zero attached hydrogens (tertiary/aromatic N) is 2. The van der Waals surface area contributed by atoms with Crippen molar-refractivity contribution < 1.29 is 7.65 Å². The van der Waals surface area contributed by atoms with E-state index >= 15 is 0 Å². The number of pyridine rings is 1. The molecule has 0 saturated carbocycles. The first-order valence-electron chi connectivity index (χ1n) is 13.5. The lowest BCUT2D eigenvalue weighted by Crippen LogP contribution is -2.24. The molecule has 1 aliphatic carbocycles. The van der Waals surface area contributed by atoms with Crippen LogP contribution in [0.5, 0.6) is 0 Å². The zero-order valence-electron chi connectivity index (χ0n) is 22.9. The Kier molecular flexibility index (Phi) is 9.98. The van der Waals surface area contributed by atoms with E-state index in [0.717, 1.165) is 46.0 Å². The first-order chi connectivity index (χ1) is 19.2. The maximum absolute atomic E-state index is 12.7. The predicted octanol–water partition coefficient (Wildman–Crippen LogP) is 6.77. The number of fused-ring (bicyclic) bond motifs is 1. The second-order valence-electron chi connectivity index (χ2n) is 9.05. The Labute approximate surface area is 234 Å². The van der Waals surface area contributed by atoms with Crippen LogP contribution in [0.25, 0.3) is 27.6 Å². The number of benzene rings is 3. The number of carbonyl (C=O) groups excluding carboxylic acids is 1. The van der Waals surface area contributed by atoms with Gasteiger partial charge in [0.15, 0.2) is 0 Å². The third-order valence-electron chi connectivity index (χ3n) is 6.35. The minimum atomic E-state index is -0.0196. The summed E-state index contributed by atoms with van der Waals surface area (Å²) in [6.45, 7) is 7.44. The number of hydrazine groups is 1. The van der Waals surface area contributed by atoms with Gasteiger partial charge in [-0.15, -0.1) is 0 Å². The molecule has 1 aliphatic heterocycles. The van der Waals surface area contributed by atoms with Crippen LogP contribution in [0.2, 0.25) is 0 Å². The highest BCUT2D eigenvalue weighted by molar-refractivity contribution is 6.02. The van der Waals surface area contributed by atoms with Gasteiger partial charge in [-0.05, 0) is 77.9 Å². The third-order valence-corrected chi connectivity index (χ3v) is 6.35. The molecule has 0 bridgehead atoms. The summed E-state index contributed by atoms with van der Waals surface area (Å²) >= 11 is 0. The van der Waals surface area contributed by atoms with Crippen molar-refractivity contribution in [2.24, 2.45) is 4.99 Å². The molecule has 0 atom stereocenters. The van der Waals surface area contributed by atoms with Crippen LogP contribution in [-0.2, 0) is 6.42 Å². The van der Waals surface area contributed by atoms with Gasteiger partial charge in [-0.2, -0.15) is 0 Å². The fourth-order valence-electron chi connectivity index (χ4n) is 4.39. The first kappa shape index (κ1) is 27.7. The van der Waals surface area contributed by atoms with E-state index in [0.29, 0.717) is 18.8 Å². The number of hydrogen-bond acceptors (Lipinski definition) is 5. The van der Waals surface area contributed by atoms with Gasteiger partial charge in [-0.1, -0.05) is 62.4 Å². The molecule has 203 valence electrons. The molecule has 0 saturated heterocycles. The van der Waals surface area contributed by atoms with E-state index in [1.807, 2.05) is 56.4 Å². The number of rotatable bonds is 7. The lowest BCUT2D eigenvalue weighted by Gasteiger charge is -2.12. The van der Waals surface area contributed by atoms with Crippen molar-refractivity contribution in [3.05, 3.63) is 114 Å². The Bertz CT molecular complexity index is 1470. The zero-order valence-corrected chi connectivity index (χ0v) is 22.9. The summed E-state index contributed by atoms with van der Waals surface area (Å²) < 4.78 is 0. The second kappa shape index (κ2) is 14.0. The summed E-state index contributed by atoms with van der Waals surface area (Å²) in [6.07, 6.45) is 9.59. The van der Waals surface area contributed by atoms with Crippen molar-refractivity contribution in [1.82, 2.24) is 21.2 Å². The molecule has 1 amide bonds. The van der Waals surface area contributed by atoms with Crippen molar-refractivity contribution in [1.29, 1.82) is 0 Å². The lowest BCUT2D eigenvalue weighted by molar-refractivity contribution is 0.0953. The largest absolute Gasteiger partial charge is 0.352 e. The van der Waals surface area contributed by atoms with Crippen molar-refractivity contribution in [3.8, 4) is 11.1 Å². The van der Waals surface area contributed by atoms with E-state index in [4.69, 9.17) is 0 Å². The van der Waals surface area contributed by atoms with E-state index in [1.54, 1.807) is 6.34 Å². The smallest absolute Gasteiger partial charge is 0.251 e. The Hall–Kier alpha value is -4.29. The lowest BCUT2D eigenvalue weighted by atomic mass is 9.94. The number of amides is 1. The summed E-state index contributed by atoms with van der Waals surface area (Å²) in [6, 6.07) is 24.8. The number of hydrogen-bond donors (Lipinski definition) is 3. The average molecular weight is 523 g/mol. The number of aryl methyl sites for hydroxylation is 2. The van der Waals surface area contributed by atoms with Crippen molar-refractivity contribution in [3.63, 3.8) is 0 Å². The van der Waals surface area contributed by atoms with Gasteiger partial charge in [-0.3, -0.25) is 14.8 Å². The summed E-state index contributed by atoms with van der Waals surface area (Å²) in [5.74, 6) is -0.0196. The molecule has 1 aromatic heterocycles. The SMILES string of the molecule is C1=NCNN1.CC.Cc1cc(C(=O)NCCCc2ccccc2)ccc1-c1cc(C2=C[CH]2)c2ncccc2c1.[HH].[HH]. The van der Waals surface area contributed by atoms with Gasteiger partial charge in [0.2, 0.25) is 0 Å². The molecule has 3 aromatic carbocycles. The van der Waals surface area contributed by atoms with Crippen molar-refractivity contribution in [2.45, 2.75) is 33.6 Å². The van der Waals surface area contributed by atoms with Crippen LogP contribution in [0.15, 0.2) is 90.1 Å². The summed E-state index contributed by atoms with van der Waals surface area (Å²) in [5, 5.41) is 4.18. The standard InChI is InChI=1S/C29H25N2O.C2H5N3.C2H6.2H2/c1-20-17-24(29(32)31-16-5-9-21-7-3-2-4-8-21)13-14-26(20)25-18-23-10-6-15-30-28(23)27(19-25)22-11-12-22;1-3-2-5-4-1;1-2;;/h2-4,6-8,10-15,17-19H,5,9,16H2,1H3,(H,31,32);1,5H,2H2,(H,3,4);1-2H3;2*1H. The number of aromatic nitrogens is 1. The van der Waals surface area contributed by atoms with Gasteiger partial charge < -0.3 is 10.7 Å². The molecule has 39 heavy (non-hydrogen) atoms. The molecule has 2 aliphatic rings. The summed E-state index contributed by atoms with van der Waals surface area (Å²) in [7, 11) is 0. The van der Waals surface area contributed by atoms with Crippen molar-refractivity contribution in [2.75, 3.05) is 13.2 Å². The van der Waals surface area contributed by atoms with Crippen LogP contribution in [0, 0.1) is 13.3 Å². The molecule has 1 radical (unpaired) electrons. The van der Waals surface area contributed by atoms with Crippen LogP contribution in [-0.4, -0.2) is 30.4 Å². The Morgan fingerprint density at radius 1 is 1.00 bits per heavy atom. The van der Waals surface area contributed by atoms with E-state index < -0.39 is 0 Å². The van der Waals surface area contributed by atoms with Gasteiger partial charge in [0, 0.05) is 38.5 Å². The van der Waals surface area contributed by atoms with Gasteiger partial charge in [-0.25, -0.2) is 5.43 Å². The Morgan fingerprint density at radius 3 is 2.49 bits per heavy atom. The van der Waals surface area contributed by atoms with E-state index in [9.17, 15) is 4.79 Å². The quantitative estimate of drug-likeness (QED) is 0.234. The maximum Gasteiger partial charge on any atom is 0.251 e. The first-order valence-corrected chi connectivity index (χ1v) is 13.5. The Balaban J connectivity index is 0.000000583. The van der Waals surface area contributed by atoms with E-state index in [2.05, 4.69) is 82.0 Å². The minimum Gasteiger partial charge on any atom is -0.352 e. The van der Waals surface area contributed by atoms with Crippen LogP contribution in [0.4, 0.5) is 0 Å². The number of aliphatic imine (C=N–C) groups is 1. The maximum atomic E-state index is 12.7. The van der Waals surface area contributed by atoms with Crippen LogP contribution in [0.3, 0.4) is 0 Å². The zero-order chi connectivity index (χ0) is 27.5. The predicted molar refractivity (Wildman–Crippen MR) is 166 cm³/mol. The van der Waals surface area contributed by atoms with E-state index in [1.165, 1.54) is 11.1 Å². The highest BCUT2D eigenvalue weighted by Gasteiger charge is 2.17. The molecule has 6 heteroatoms. The van der Waals surface area contributed by atoms with Gasteiger partial charge >= 0.3 is 0 Å². The van der Waals surface area contributed by atoms with Gasteiger partial charge in [0.05, 0.1) is 11.9 Å². The number of carbonyl (C=O) groups is 1. The fraction of sp³-hybridized carbons (Fsp3) is 0.212. The van der Waals surface area contributed by atoms with Crippen LogP contribution in [0.1, 0.15) is 50.2 Å². The number of allylic oxidation sites excluding steroid dienone is 2. The average Bonchev–Trinajstić information content (AvgIpc) is 3.65. The fourth-order valence-corrected chi connectivity index (χ4v) is 4.39. The molecule has 0 fully saturated rings. The molecular weight excluding hydrogens is 482 g/mol. The molecule has 4 aromatic rings. The summed E-state index contributed by atoms with van der Waals surface area (Å²) in [4.78, 5) is 21.0. The molecule has 3 N–H and O–H groups in total. The number of nitrogens with one attached hydrogen (secondary N) is 3. The van der Waals surface area contributed by atoms with Gasteiger partial charge in [0.1, 0.15) is 6.67 Å². The second-order valence-corrected chi connectivity index (χ2v) is 9.05. The molecule has 6 rings (SSSR count). The van der Waals surface area contributed by atoms with Crippen LogP contribution < -0.4 is 16.2 Å². The molecule has 6 nitrogen and oxygen atoms in total. The molecule has 0 unspecified atom stereocenters. The third kappa shape index (κ3) is 7.62. The van der Waals surface area contributed by atoms with E-state index in [-0.39, 0.29) is 8.76 Å². The summed E-state index contributed by atoms with van der Waals surface area (Å²) in [5.41, 5.74) is 14.2. The minimum absolute atomic E-state index is 0.